The van der Waals surface area contributed by atoms with Gasteiger partial charge in [0.2, 0.25) is 11.8 Å². The van der Waals surface area contributed by atoms with Crippen LogP contribution in [-0.4, -0.2) is 62.1 Å². The van der Waals surface area contributed by atoms with Crippen LogP contribution in [0, 0.1) is 0 Å². The molecule has 38 heavy (non-hydrogen) atoms. The Labute approximate surface area is 217 Å². The van der Waals surface area contributed by atoms with Gasteiger partial charge in [0.05, 0.1) is 25.1 Å². The summed E-state index contributed by atoms with van der Waals surface area (Å²) in [7, 11) is 0. The summed E-state index contributed by atoms with van der Waals surface area (Å²) in [6, 6.07) is 18.7. The maximum atomic E-state index is 12.8. The van der Waals surface area contributed by atoms with E-state index in [9.17, 15) is 4.79 Å². The first kappa shape index (κ1) is 23.1. The molecule has 0 radical (unpaired) electrons. The van der Waals surface area contributed by atoms with E-state index in [1.165, 1.54) is 0 Å². The highest BCUT2D eigenvalue weighted by Gasteiger charge is 2.97. The lowest BCUT2D eigenvalue weighted by molar-refractivity contribution is -0.247. The van der Waals surface area contributed by atoms with Crippen LogP contribution in [0.3, 0.4) is 0 Å². The van der Waals surface area contributed by atoms with Gasteiger partial charge >= 0.3 is 5.97 Å². The number of imidazole rings is 1. The van der Waals surface area contributed by atoms with Crippen molar-refractivity contribution in [1.29, 1.82) is 0 Å². The molecule has 5 atom stereocenters. The Morgan fingerprint density at radius 2 is 1.87 bits per heavy atom. The van der Waals surface area contributed by atoms with Crippen molar-refractivity contribution in [2.24, 2.45) is 0 Å². The van der Waals surface area contributed by atoms with Crippen LogP contribution in [0.5, 0.6) is 5.88 Å². The summed E-state index contributed by atoms with van der Waals surface area (Å²) in [5.74, 6) is -0.0892. The number of fused-ring (bicyclic) bond motifs is 2. The number of anilines is 1. The smallest absolute Gasteiger partial charge is 0.338 e. The van der Waals surface area contributed by atoms with Crippen LogP contribution < -0.4 is 10.5 Å². The molecule has 2 N–H and O–H groups in total. The van der Waals surface area contributed by atoms with Crippen molar-refractivity contribution in [2.75, 3.05) is 18.9 Å². The maximum absolute atomic E-state index is 12.8. The van der Waals surface area contributed by atoms with Gasteiger partial charge in [0.1, 0.15) is 18.8 Å². The molecule has 2 aromatic carbocycles. The summed E-state index contributed by atoms with van der Waals surface area (Å²) in [6.45, 7) is 2.58. The Bertz CT molecular complexity index is 1510. The molecule has 2 saturated heterocycles. The molecule has 194 valence electrons. The number of hydrogen-bond acceptors (Lipinski definition) is 10. The molecule has 0 spiro atoms. The van der Waals surface area contributed by atoms with Gasteiger partial charge < -0.3 is 29.4 Å². The highest BCUT2D eigenvalue weighted by atomic mass is 16.7. The zero-order valence-corrected chi connectivity index (χ0v) is 20.5. The molecule has 3 aliphatic rings. The number of carbonyl (C=O) groups is 1. The number of nitrogens with two attached hydrogens (primary N) is 1. The van der Waals surface area contributed by atoms with E-state index in [-0.39, 0.29) is 18.7 Å². The Kier molecular flexibility index (Phi) is 5.15. The van der Waals surface area contributed by atoms with E-state index in [1.807, 2.05) is 43.3 Å². The number of nitrogen functional groups attached to an aromatic ring is 1. The minimum absolute atomic E-state index is 0.0267. The van der Waals surface area contributed by atoms with Crippen LogP contribution >= 0.6 is 0 Å². The molecular weight excluding hydrogens is 490 g/mol. The summed E-state index contributed by atoms with van der Waals surface area (Å²) in [4.78, 5) is 25.8. The number of nitrogens with zero attached hydrogens (tertiary/aromatic N) is 4. The van der Waals surface area contributed by atoms with Gasteiger partial charge in [-0.3, -0.25) is 4.57 Å². The normalized spacial score (nSPS) is 28.5. The molecule has 11 nitrogen and oxygen atoms in total. The van der Waals surface area contributed by atoms with Crippen LogP contribution in [0.2, 0.25) is 0 Å². The zero-order valence-electron chi connectivity index (χ0n) is 20.5. The van der Waals surface area contributed by atoms with E-state index in [0.29, 0.717) is 35.8 Å². The van der Waals surface area contributed by atoms with Gasteiger partial charge in [-0.25, -0.2) is 9.78 Å². The third-order valence-corrected chi connectivity index (χ3v) is 7.40. The lowest BCUT2D eigenvalue weighted by Crippen LogP contribution is -2.51. The summed E-state index contributed by atoms with van der Waals surface area (Å²) in [5, 5.41) is 0. The fraction of sp³-hybridized carbons (Fsp3) is 0.333. The minimum atomic E-state index is -0.973. The van der Waals surface area contributed by atoms with Gasteiger partial charge in [-0.15, -0.1) is 0 Å². The van der Waals surface area contributed by atoms with Crippen molar-refractivity contribution in [3.05, 3.63) is 78.1 Å². The van der Waals surface area contributed by atoms with E-state index in [1.54, 1.807) is 35.2 Å². The van der Waals surface area contributed by atoms with Crippen molar-refractivity contribution < 1.29 is 28.5 Å². The van der Waals surface area contributed by atoms with Crippen molar-refractivity contribution in [1.82, 2.24) is 19.5 Å². The number of esters is 1. The largest absolute Gasteiger partial charge is 0.476 e. The highest BCUT2D eigenvalue weighted by molar-refractivity contribution is 5.89. The quantitative estimate of drug-likeness (QED) is 0.332. The molecular formula is C27H25N5O6. The topological polar surface area (TPSA) is 133 Å². The molecule has 4 aromatic rings. The molecule has 1 aliphatic carbocycles. The minimum Gasteiger partial charge on any atom is -0.476 e. The van der Waals surface area contributed by atoms with Crippen LogP contribution in [0.25, 0.3) is 11.2 Å². The third-order valence-electron chi connectivity index (χ3n) is 7.40. The third kappa shape index (κ3) is 3.19. The zero-order chi connectivity index (χ0) is 25.9. The standard InChI is InChI=1S/C27H25N5O6/c1-2-34-21-18-20(30-25(28)31-21)32(15-29-18)22-19-27(36-13-16-9-5-3-6-10-16)24(37-19)26(27,38-22)14-35-23(33)17-11-7-4-8-12-17/h3-12,15,19,22,24H,2,13-14H2,1H3,(H2,28,30,31)/t19-,22+,24?,26-,27+/m0/s1. The molecule has 7 rings (SSSR count). The Morgan fingerprint density at radius 3 is 2.63 bits per heavy atom. The monoisotopic (exact) mass is 515 g/mol. The SMILES string of the molecule is CCOc1nc(N)nc2c1ncn2[C@@H]1O[C@@]2(COC(=O)c3ccccc3)C3O[C@@H]1[C@@]32OCc1ccccc1. The van der Waals surface area contributed by atoms with Gasteiger partial charge in [-0.2, -0.15) is 9.97 Å². The van der Waals surface area contributed by atoms with E-state index < -0.39 is 29.5 Å². The second-order valence-electron chi connectivity index (χ2n) is 9.49. The van der Waals surface area contributed by atoms with Gasteiger partial charge in [0.15, 0.2) is 28.6 Å². The van der Waals surface area contributed by atoms with Crippen LogP contribution in [0.1, 0.15) is 29.1 Å². The molecule has 0 bridgehead atoms. The van der Waals surface area contributed by atoms with Gasteiger partial charge in [0, 0.05) is 0 Å². The van der Waals surface area contributed by atoms with Gasteiger partial charge in [-0.05, 0) is 24.6 Å². The Morgan fingerprint density at radius 1 is 1.11 bits per heavy atom. The van der Waals surface area contributed by atoms with Crippen LogP contribution in [0.15, 0.2) is 67.0 Å². The summed E-state index contributed by atoms with van der Waals surface area (Å²) in [6.07, 6.45) is 0.120. The first-order valence-electron chi connectivity index (χ1n) is 12.4. The average molecular weight is 516 g/mol. The van der Waals surface area contributed by atoms with Gasteiger partial charge in [-0.1, -0.05) is 48.5 Å². The second kappa shape index (κ2) is 8.48. The first-order chi connectivity index (χ1) is 18.6. The second-order valence-corrected chi connectivity index (χ2v) is 9.49. The fourth-order valence-electron chi connectivity index (χ4n) is 5.60. The predicted molar refractivity (Wildman–Crippen MR) is 133 cm³/mol. The Balaban J connectivity index is 1.21. The van der Waals surface area contributed by atoms with Crippen molar-refractivity contribution >= 4 is 23.1 Å². The van der Waals surface area contributed by atoms with E-state index in [0.717, 1.165) is 5.56 Å². The molecule has 4 heterocycles. The number of ether oxygens (including phenoxy) is 5. The van der Waals surface area contributed by atoms with E-state index in [2.05, 4.69) is 15.0 Å². The molecule has 2 aromatic heterocycles. The average Bonchev–Trinajstić information content (AvgIpc) is 3.20. The highest BCUT2D eigenvalue weighted by Crippen LogP contribution is 2.74. The van der Waals surface area contributed by atoms with Gasteiger partial charge in [0.25, 0.3) is 0 Å². The molecule has 3 fully saturated rings. The number of carbonyl (C=O) groups excluding carboxylic acids is 1. The lowest BCUT2D eigenvalue weighted by atomic mass is 10.1. The lowest BCUT2D eigenvalue weighted by Gasteiger charge is -2.38. The first-order valence-corrected chi connectivity index (χ1v) is 12.4. The molecule has 0 amide bonds. The molecule has 1 saturated carbocycles. The number of benzene rings is 2. The van der Waals surface area contributed by atoms with E-state index in [4.69, 9.17) is 29.4 Å². The Hall–Kier alpha value is -4.06. The van der Waals surface area contributed by atoms with E-state index >= 15 is 0 Å². The molecule has 11 heteroatoms. The van der Waals surface area contributed by atoms with Crippen LogP contribution in [0.4, 0.5) is 5.95 Å². The van der Waals surface area contributed by atoms with Crippen molar-refractivity contribution in [2.45, 2.75) is 43.2 Å². The fourth-order valence-corrected chi connectivity index (χ4v) is 5.60. The number of rotatable bonds is 9. The van der Waals surface area contributed by atoms with Crippen molar-refractivity contribution in [3.63, 3.8) is 0 Å². The molecule has 2 aliphatic heterocycles. The number of aromatic nitrogens is 4. The summed E-state index contributed by atoms with van der Waals surface area (Å²) >= 11 is 0. The maximum Gasteiger partial charge on any atom is 0.338 e. The molecule has 1 unspecified atom stereocenters. The van der Waals surface area contributed by atoms with Crippen LogP contribution in [-0.2, 0) is 25.6 Å². The predicted octanol–water partition coefficient (Wildman–Crippen LogP) is 2.67. The summed E-state index contributed by atoms with van der Waals surface area (Å²) < 4.78 is 32.5. The van der Waals surface area contributed by atoms with Crippen molar-refractivity contribution in [3.8, 4) is 5.88 Å². The summed E-state index contributed by atoms with van der Waals surface area (Å²) in [5.41, 5.74) is 6.59. The number of hydrogen-bond donors (Lipinski definition) is 1.